The lowest BCUT2D eigenvalue weighted by Gasteiger charge is -2.31. The van der Waals surface area contributed by atoms with E-state index in [-0.39, 0.29) is 17.9 Å². The van der Waals surface area contributed by atoms with Crippen molar-refractivity contribution in [3.63, 3.8) is 0 Å². The highest BCUT2D eigenvalue weighted by Crippen LogP contribution is 2.19. The molecule has 0 aliphatic carbocycles. The molecule has 4 N–H and O–H groups in total. The first kappa shape index (κ1) is 15.3. The summed E-state index contributed by atoms with van der Waals surface area (Å²) in [5.41, 5.74) is 6.76. The van der Waals surface area contributed by atoms with Gasteiger partial charge in [-0.25, -0.2) is 4.79 Å². The molecule has 1 saturated heterocycles. The number of amides is 3. The first-order chi connectivity index (χ1) is 9.97. The number of carbonyl (C=O) groups excluding carboxylic acids is 2. The highest BCUT2D eigenvalue weighted by Gasteiger charge is 2.26. The lowest BCUT2D eigenvalue weighted by molar-refractivity contribution is -0.123. The van der Waals surface area contributed by atoms with E-state index in [4.69, 9.17) is 5.73 Å². The number of carbonyl (C=O) groups is 2. The molecule has 0 saturated carbocycles. The third kappa shape index (κ3) is 3.95. The minimum Gasteiger partial charge on any atom is -0.389 e. The predicted octanol–water partition coefficient (Wildman–Crippen LogP) is 1.47. The molecule has 1 aliphatic heterocycles. The molecule has 1 heterocycles. The summed E-state index contributed by atoms with van der Waals surface area (Å²) in [6.07, 6.45) is 0.984. The van der Waals surface area contributed by atoms with Gasteiger partial charge < -0.3 is 21.1 Å². The van der Waals surface area contributed by atoms with Crippen LogP contribution in [0.1, 0.15) is 31.4 Å². The number of likely N-dealkylation sites (tertiary alicyclic amines) is 1. The number of rotatable bonds is 3. The number of hydrogen-bond donors (Lipinski definition) is 3. The average Bonchev–Trinajstić information content (AvgIpc) is 2.48. The van der Waals surface area contributed by atoms with Crippen molar-refractivity contribution in [1.29, 1.82) is 0 Å². The zero-order chi connectivity index (χ0) is 15.4. The van der Waals surface area contributed by atoms with Crippen LogP contribution in [-0.2, 0) is 4.79 Å². The largest absolute Gasteiger partial charge is 0.389 e. The number of hydrogen-bond acceptors (Lipinski definition) is 3. The molecule has 2 atom stereocenters. The number of anilines is 1. The summed E-state index contributed by atoms with van der Waals surface area (Å²) in [5.74, 6) is -0.615. The van der Waals surface area contributed by atoms with Crippen LogP contribution in [-0.4, -0.2) is 35.0 Å². The molecule has 1 aliphatic rings. The van der Waals surface area contributed by atoms with Crippen LogP contribution in [0.5, 0.6) is 0 Å². The van der Waals surface area contributed by atoms with Crippen molar-refractivity contribution in [1.82, 2.24) is 4.90 Å². The Labute approximate surface area is 123 Å². The fraction of sp³-hybridized carbons (Fsp3) is 0.467. The summed E-state index contributed by atoms with van der Waals surface area (Å²) in [7, 11) is 0. The number of benzene rings is 1. The van der Waals surface area contributed by atoms with Gasteiger partial charge in [0.2, 0.25) is 5.91 Å². The molecule has 0 radical (unpaired) electrons. The van der Waals surface area contributed by atoms with E-state index in [9.17, 15) is 14.7 Å². The fourth-order valence-corrected chi connectivity index (χ4v) is 2.44. The summed E-state index contributed by atoms with van der Waals surface area (Å²) >= 11 is 0. The van der Waals surface area contributed by atoms with Crippen molar-refractivity contribution in [2.45, 2.75) is 25.9 Å². The van der Waals surface area contributed by atoms with Gasteiger partial charge in [-0.15, -0.1) is 0 Å². The summed E-state index contributed by atoms with van der Waals surface area (Å²) in [6, 6.07) is 6.79. The van der Waals surface area contributed by atoms with Crippen molar-refractivity contribution in [2.75, 3.05) is 18.4 Å². The molecule has 1 aromatic carbocycles. The van der Waals surface area contributed by atoms with E-state index in [0.29, 0.717) is 18.8 Å². The highest BCUT2D eigenvalue weighted by atomic mass is 16.3. The van der Waals surface area contributed by atoms with Gasteiger partial charge in [-0.2, -0.15) is 0 Å². The third-order valence-corrected chi connectivity index (χ3v) is 3.76. The van der Waals surface area contributed by atoms with E-state index in [2.05, 4.69) is 5.32 Å². The molecule has 2 rings (SSSR count). The summed E-state index contributed by atoms with van der Waals surface area (Å²) in [6.45, 7) is 2.68. The van der Waals surface area contributed by atoms with Crippen LogP contribution in [0, 0.1) is 5.92 Å². The minimum atomic E-state index is -0.534. The van der Waals surface area contributed by atoms with Gasteiger partial charge in [0.1, 0.15) is 0 Å². The number of urea groups is 1. The number of piperidine rings is 1. The number of nitrogens with one attached hydrogen (secondary N) is 1. The van der Waals surface area contributed by atoms with Gasteiger partial charge in [-0.1, -0.05) is 12.1 Å². The monoisotopic (exact) mass is 291 g/mol. The molecule has 3 amide bonds. The maximum Gasteiger partial charge on any atom is 0.321 e. The van der Waals surface area contributed by atoms with E-state index in [1.807, 2.05) is 0 Å². The first-order valence-electron chi connectivity index (χ1n) is 7.10. The molecule has 2 unspecified atom stereocenters. The zero-order valence-electron chi connectivity index (χ0n) is 12.1. The minimum absolute atomic E-state index is 0.231. The van der Waals surface area contributed by atoms with Gasteiger partial charge in [0.25, 0.3) is 0 Å². The Balaban J connectivity index is 1.96. The fourth-order valence-electron chi connectivity index (χ4n) is 2.44. The highest BCUT2D eigenvalue weighted by molar-refractivity contribution is 5.90. The Kier molecular flexibility index (Phi) is 4.80. The second kappa shape index (κ2) is 6.58. The SMILES string of the molecule is CC(O)c1ccc(NC(=O)N2CCCC(C(N)=O)C2)cc1. The number of aliphatic hydroxyl groups excluding tert-OH is 1. The maximum atomic E-state index is 12.2. The standard InChI is InChI=1S/C15H21N3O3/c1-10(19)11-4-6-13(7-5-11)17-15(21)18-8-2-3-12(9-18)14(16)20/h4-7,10,12,19H,2-3,8-9H2,1H3,(H2,16,20)(H,17,21). The molecule has 0 aromatic heterocycles. The zero-order valence-corrected chi connectivity index (χ0v) is 12.1. The second-order valence-corrected chi connectivity index (χ2v) is 5.42. The molecule has 6 heteroatoms. The molecule has 0 bridgehead atoms. The van der Waals surface area contributed by atoms with Crippen LogP contribution in [0.4, 0.5) is 10.5 Å². The normalized spacial score (nSPS) is 19.9. The molecule has 1 aromatic rings. The molecule has 1 fully saturated rings. The molecule has 0 spiro atoms. The third-order valence-electron chi connectivity index (χ3n) is 3.76. The van der Waals surface area contributed by atoms with Gasteiger partial charge in [0, 0.05) is 18.8 Å². The Bertz CT molecular complexity index is 513. The van der Waals surface area contributed by atoms with Gasteiger partial charge >= 0.3 is 6.03 Å². The van der Waals surface area contributed by atoms with Crippen LogP contribution in [0.2, 0.25) is 0 Å². The van der Waals surface area contributed by atoms with Crippen molar-refractivity contribution >= 4 is 17.6 Å². The van der Waals surface area contributed by atoms with Crippen molar-refractivity contribution < 1.29 is 14.7 Å². The van der Waals surface area contributed by atoms with Crippen LogP contribution in [0.25, 0.3) is 0 Å². The van der Waals surface area contributed by atoms with Crippen LogP contribution in [0.3, 0.4) is 0 Å². The van der Waals surface area contributed by atoms with Crippen molar-refractivity contribution in [3.05, 3.63) is 29.8 Å². The summed E-state index contributed by atoms with van der Waals surface area (Å²) in [5, 5.41) is 12.2. The molecule has 21 heavy (non-hydrogen) atoms. The average molecular weight is 291 g/mol. The molecule has 6 nitrogen and oxygen atoms in total. The van der Waals surface area contributed by atoms with Crippen LogP contribution in [0.15, 0.2) is 24.3 Å². The van der Waals surface area contributed by atoms with Gasteiger partial charge in [0.05, 0.1) is 12.0 Å². The lowest BCUT2D eigenvalue weighted by Crippen LogP contribution is -2.45. The number of primary amides is 1. The topological polar surface area (TPSA) is 95.7 Å². The van der Waals surface area contributed by atoms with Crippen molar-refractivity contribution in [2.24, 2.45) is 11.7 Å². The Morgan fingerprint density at radius 2 is 2.05 bits per heavy atom. The Morgan fingerprint density at radius 1 is 1.38 bits per heavy atom. The first-order valence-corrected chi connectivity index (χ1v) is 7.10. The van der Waals surface area contributed by atoms with Crippen LogP contribution >= 0.6 is 0 Å². The summed E-state index contributed by atoms with van der Waals surface area (Å²) < 4.78 is 0. The second-order valence-electron chi connectivity index (χ2n) is 5.42. The van der Waals surface area contributed by atoms with E-state index < -0.39 is 6.10 Å². The Hall–Kier alpha value is -2.08. The maximum absolute atomic E-state index is 12.2. The smallest absolute Gasteiger partial charge is 0.321 e. The summed E-state index contributed by atoms with van der Waals surface area (Å²) in [4.78, 5) is 25.0. The van der Waals surface area contributed by atoms with E-state index in [1.165, 1.54) is 0 Å². The number of nitrogens with two attached hydrogens (primary N) is 1. The quantitative estimate of drug-likeness (QED) is 0.787. The van der Waals surface area contributed by atoms with Crippen LogP contribution < -0.4 is 11.1 Å². The van der Waals surface area contributed by atoms with Gasteiger partial charge in [0.15, 0.2) is 0 Å². The lowest BCUT2D eigenvalue weighted by atomic mass is 9.98. The van der Waals surface area contributed by atoms with Gasteiger partial charge in [-0.3, -0.25) is 4.79 Å². The van der Waals surface area contributed by atoms with E-state index in [0.717, 1.165) is 18.4 Å². The molecule has 114 valence electrons. The number of aliphatic hydroxyl groups is 1. The molecular weight excluding hydrogens is 270 g/mol. The number of nitrogens with zero attached hydrogens (tertiary/aromatic N) is 1. The van der Waals surface area contributed by atoms with E-state index in [1.54, 1.807) is 36.1 Å². The molecular formula is C15H21N3O3. The predicted molar refractivity (Wildman–Crippen MR) is 79.6 cm³/mol. The van der Waals surface area contributed by atoms with E-state index >= 15 is 0 Å². The van der Waals surface area contributed by atoms with Crippen molar-refractivity contribution in [3.8, 4) is 0 Å². The Morgan fingerprint density at radius 3 is 2.62 bits per heavy atom. The van der Waals surface area contributed by atoms with Gasteiger partial charge in [-0.05, 0) is 37.5 Å².